The van der Waals surface area contributed by atoms with Crippen LogP contribution >= 0.6 is 27.5 Å². The third kappa shape index (κ3) is 1.98. The predicted octanol–water partition coefficient (Wildman–Crippen LogP) is 2.63. The van der Waals surface area contributed by atoms with Crippen LogP contribution in [0.25, 0.3) is 0 Å². The molecule has 1 aromatic heterocycles. The van der Waals surface area contributed by atoms with Crippen LogP contribution in [0.4, 0.5) is 8.78 Å². The minimum Gasteiger partial charge on any atom is -0.319 e. The summed E-state index contributed by atoms with van der Waals surface area (Å²) in [6.07, 6.45) is 1.40. The van der Waals surface area contributed by atoms with Gasteiger partial charge in [-0.3, -0.25) is 0 Å². The Morgan fingerprint density at radius 3 is 2.75 bits per heavy atom. The summed E-state index contributed by atoms with van der Waals surface area (Å²) in [5.74, 6) is -1.37. The van der Waals surface area contributed by atoms with Gasteiger partial charge < -0.3 is 5.73 Å². The van der Waals surface area contributed by atoms with Crippen LogP contribution in [0.5, 0.6) is 0 Å². The summed E-state index contributed by atoms with van der Waals surface area (Å²) >= 11 is 4.00. The number of aromatic nitrogens is 2. The van der Waals surface area contributed by atoms with E-state index in [2.05, 4.69) is 25.5 Å². The molecule has 7 heteroatoms. The summed E-state index contributed by atoms with van der Waals surface area (Å²) in [5.41, 5.74) is 5.58. The monoisotopic (exact) mass is 305 g/mol. The topological polar surface area (TPSA) is 51.8 Å². The number of rotatable bonds is 2. The highest BCUT2D eigenvalue weighted by atomic mass is 79.9. The van der Waals surface area contributed by atoms with E-state index in [0.717, 1.165) is 17.6 Å². The molecule has 2 aromatic rings. The van der Waals surface area contributed by atoms with Gasteiger partial charge in [0.1, 0.15) is 11.6 Å². The van der Waals surface area contributed by atoms with Gasteiger partial charge in [-0.1, -0.05) is 4.49 Å². The molecule has 0 fully saturated rings. The molecule has 0 bridgehead atoms. The molecule has 1 heterocycles. The number of nitrogens with zero attached hydrogens (tertiary/aromatic N) is 2. The Balaban J connectivity index is 2.52. The Kier molecular flexibility index (Phi) is 3.27. The Morgan fingerprint density at radius 1 is 1.38 bits per heavy atom. The molecule has 1 aromatic carbocycles. The molecule has 0 aliphatic carbocycles. The van der Waals surface area contributed by atoms with Gasteiger partial charge in [0.2, 0.25) is 0 Å². The fourth-order valence-corrected chi connectivity index (χ4v) is 2.14. The number of halogens is 3. The zero-order chi connectivity index (χ0) is 11.7. The average molecular weight is 306 g/mol. The molecule has 16 heavy (non-hydrogen) atoms. The highest BCUT2D eigenvalue weighted by molar-refractivity contribution is 9.10. The Labute approximate surface area is 103 Å². The zero-order valence-corrected chi connectivity index (χ0v) is 10.2. The van der Waals surface area contributed by atoms with E-state index in [1.54, 1.807) is 0 Å². The van der Waals surface area contributed by atoms with Crippen molar-refractivity contribution in [3.63, 3.8) is 0 Å². The van der Waals surface area contributed by atoms with Crippen LogP contribution in [0.15, 0.2) is 22.8 Å². The number of hydrogen-bond acceptors (Lipinski definition) is 4. The SMILES string of the molecule is NC(c1cnns1)c1c(F)ccc(Br)c1F. The summed E-state index contributed by atoms with van der Waals surface area (Å²) in [5, 5.41) is 3.58. The van der Waals surface area contributed by atoms with Crippen molar-refractivity contribution >= 4 is 27.5 Å². The number of hydrogen-bond donors (Lipinski definition) is 1. The first kappa shape index (κ1) is 11.6. The average Bonchev–Trinajstić information content (AvgIpc) is 2.77. The van der Waals surface area contributed by atoms with Crippen molar-refractivity contribution in [2.24, 2.45) is 5.73 Å². The van der Waals surface area contributed by atoms with Gasteiger partial charge in [0.25, 0.3) is 0 Å². The van der Waals surface area contributed by atoms with Crippen molar-refractivity contribution in [3.8, 4) is 0 Å². The van der Waals surface area contributed by atoms with E-state index >= 15 is 0 Å². The third-order valence-electron chi connectivity index (χ3n) is 2.08. The van der Waals surface area contributed by atoms with Gasteiger partial charge in [-0.2, -0.15) is 0 Å². The molecule has 0 spiro atoms. The molecule has 0 aliphatic rings. The van der Waals surface area contributed by atoms with Crippen molar-refractivity contribution in [1.82, 2.24) is 9.59 Å². The Bertz CT molecular complexity index is 504. The lowest BCUT2D eigenvalue weighted by Crippen LogP contribution is -2.14. The van der Waals surface area contributed by atoms with Crippen LogP contribution in [0.1, 0.15) is 16.5 Å². The molecule has 84 valence electrons. The van der Waals surface area contributed by atoms with E-state index < -0.39 is 17.7 Å². The molecule has 1 atom stereocenters. The number of benzene rings is 1. The molecular weight excluding hydrogens is 300 g/mol. The first-order chi connectivity index (χ1) is 7.61. The maximum absolute atomic E-state index is 13.7. The van der Waals surface area contributed by atoms with E-state index in [4.69, 9.17) is 5.73 Å². The highest BCUT2D eigenvalue weighted by Gasteiger charge is 2.21. The summed E-state index contributed by atoms with van der Waals surface area (Å²) < 4.78 is 31.0. The van der Waals surface area contributed by atoms with Gasteiger partial charge in [0.05, 0.1) is 21.6 Å². The molecule has 2 N–H and O–H groups in total. The molecule has 0 radical (unpaired) electrons. The van der Waals surface area contributed by atoms with E-state index in [1.165, 1.54) is 12.3 Å². The fourth-order valence-electron chi connectivity index (χ4n) is 1.28. The standard InChI is InChI=1S/C9H6BrF2N3S/c10-4-1-2-5(11)7(8(4)12)9(13)6-3-14-15-16-6/h1-3,9H,13H2. The van der Waals surface area contributed by atoms with Gasteiger partial charge in [-0.15, -0.1) is 5.10 Å². The second-order valence-electron chi connectivity index (χ2n) is 3.05. The van der Waals surface area contributed by atoms with Gasteiger partial charge in [0, 0.05) is 5.56 Å². The van der Waals surface area contributed by atoms with Crippen molar-refractivity contribution in [2.75, 3.05) is 0 Å². The van der Waals surface area contributed by atoms with E-state index in [-0.39, 0.29) is 10.0 Å². The molecule has 0 aliphatic heterocycles. The largest absolute Gasteiger partial charge is 0.319 e. The third-order valence-corrected chi connectivity index (χ3v) is 3.43. The minimum atomic E-state index is -0.891. The lowest BCUT2D eigenvalue weighted by Gasteiger charge is -2.12. The van der Waals surface area contributed by atoms with Crippen molar-refractivity contribution in [1.29, 1.82) is 0 Å². The summed E-state index contributed by atoms with van der Waals surface area (Å²) in [6.45, 7) is 0. The first-order valence-corrected chi connectivity index (χ1v) is 5.84. The van der Waals surface area contributed by atoms with Gasteiger partial charge in [0.15, 0.2) is 0 Å². The van der Waals surface area contributed by atoms with Crippen LogP contribution < -0.4 is 5.73 Å². The lowest BCUT2D eigenvalue weighted by molar-refractivity contribution is 0.540. The zero-order valence-electron chi connectivity index (χ0n) is 7.82. The van der Waals surface area contributed by atoms with Crippen LogP contribution in [0.3, 0.4) is 0 Å². The summed E-state index contributed by atoms with van der Waals surface area (Å²) in [7, 11) is 0. The molecule has 0 saturated heterocycles. The van der Waals surface area contributed by atoms with E-state index in [0.29, 0.717) is 4.88 Å². The van der Waals surface area contributed by atoms with Crippen LogP contribution in [-0.2, 0) is 0 Å². The second-order valence-corrected chi connectivity index (χ2v) is 4.73. The molecule has 3 nitrogen and oxygen atoms in total. The van der Waals surface area contributed by atoms with Crippen LogP contribution in [0.2, 0.25) is 0 Å². The van der Waals surface area contributed by atoms with Crippen molar-refractivity contribution in [2.45, 2.75) is 6.04 Å². The first-order valence-electron chi connectivity index (χ1n) is 4.27. The molecule has 0 saturated carbocycles. The quantitative estimate of drug-likeness (QED) is 0.868. The predicted molar refractivity (Wildman–Crippen MR) is 60.0 cm³/mol. The summed E-state index contributed by atoms with van der Waals surface area (Å²) in [6, 6.07) is 1.57. The molecular formula is C9H6BrF2N3S. The van der Waals surface area contributed by atoms with Crippen molar-refractivity contribution in [3.05, 3.63) is 44.9 Å². The second kappa shape index (κ2) is 4.52. The summed E-state index contributed by atoms with van der Waals surface area (Å²) in [4.78, 5) is 0.510. The maximum atomic E-state index is 13.7. The van der Waals surface area contributed by atoms with Gasteiger partial charge in [-0.25, -0.2) is 8.78 Å². The van der Waals surface area contributed by atoms with Gasteiger partial charge in [-0.05, 0) is 39.6 Å². The van der Waals surface area contributed by atoms with Crippen LogP contribution in [-0.4, -0.2) is 9.59 Å². The van der Waals surface area contributed by atoms with Crippen LogP contribution in [0, 0.1) is 11.6 Å². The van der Waals surface area contributed by atoms with Crippen molar-refractivity contribution < 1.29 is 8.78 Å². The smallest absolute Gasteiger partial charge is 0.145 e. The lowest BCUT2D eigenvalue weighted by atomic mass is 10.1. The van der Waals surface area contributed by atoms with E-state index in [1.807, 2.05) is 0 Å². The molecule has 0 amide bonds. The Morgan fingerprint density at radius 2 is 2.12 bits per heavy atom. The fraction of sp³-hybridized carbons (Fsp3) is 0.111. The number of nitrogens with two attached hydrogens (primary N) is 1. The molecule has 1 unspecified atom stereocenters. The minimum absolute atomic E-state index is 0.178. The van der Waals surface area contributed by atoms with E-state index in [9.17, 15) is 8.78 Å². The molecule has 2 rings (SSSR count). The Hall–Kier alpha value is -0.920. The highest BCUT2D eigenvalue weighted by Crippen LogP contribution is 2.29. The maximum Gasteiger partial charge on any atom is 0.145 e. The normalized spacial score (nSPS) is 12.8. The van der Waals surface area contributed by atoms with Gasteiger partial charge >= 0.3 is 0 Å².